The van der Waals surface area contributed by atoms with Gasteiger partial charge in [0.2, 0.25) is 17.7 Å². The number of unbranched alkanes of at least 4 members (excludes halogenated alkanes) is 2. The molecular formula is C11H16N4O4. The molecule has 5 amide bonds. The zero-order valence-corrected chi connectivity index (χ0v) is 10.6. The highest BCUT2D eigenvalue weighted by Gasteiger charge is 2.32. The van der Waals surface area contributed by atoms with Gasteiger partial charge in [-0.2, -0.15) is 5.10 Å². The van der Waals surface area contributed by atoms with Crippen molar-refractivity contribution >= 4 is 30.0 Å². The van der Waals surface area contributed by atoms with E-state index in [1.165, 1.54) is 0 Å². The van der Waals surface area contributed by atoms with Crippen LogP contribution in [0.3, 0.4) is 0 Å². The molecule has 0 radical (unpaired) electrons. The summed E-state index contributed by atoms with van der Waals surface area (Å²) in [5.74, 6) is -3.03. The number of barbiturate groups is 1. The first-order valence-corrected chi connectivity index (χ1v) is 6.02. The smallest absolute Gasteiger partial charge is 0.277 e. The van der Waals surface area contributed by atoms with Crippen LogP contribution in [0, 0.1) is 5.92 Å². The fraction of sp³-hybridized carbons (Fsp3) is 0.545. The van der Waals surface area contributed by atoms with Gasteiger partial charge in [-0.1, -0.05) is 19.8 Å². The molecule has 1 aliphatic heterocycles. The first-order valence-electron chi connectivity index (χ1n) is 6.02. The normalized spacial score (nSPS) is 16.4. The van der Waals surface area contributed by atoms with Gasteiger partial charge in [0, 0.05) is 12.6 Å². The molecule has 0 unspecified atom stereocenters. The lowest BCUT2D eigenvalue weighted by molar-refractivity contribution is -0.132. The largest absolute Gasteiger partial charge is 0.328 e. The van der Waals surface area contributed by atoms with Gasteiger partial charge in [-0.05, 0) is 6.42 Å². The molecule has 19 heavy (non-hydrogen) atoms. The fourth-order valence-electron chi connectivity index (χ4n) is 1.44. The van der Waals surface area contributed by atoms with E-state index in [4.69, 9.17) is 0 Å². The second-order valence-electron chi connectivity index (χ2n) is 4.06. The van der Waals surface area contributed by atoms with E-state index in [0.717, 1.165) is 25.5 Å². The third-order valence-electron chi connectivity index (χ3n) is 2.46. The number of nitrogens with zero attached hydrogens (tertiary/aromatic N) is 1. The standard InChI is InChI=1S/C11H16N4O4/c1-2-3-4-5-8(16)15-12-6-7-9(17)13-11(19)14-10(7)18/h6-7H,2-5H2,1H3,(H,15,16)(H2,13,14,17,18,19). The van der Waals surface area contributed by atoms with Crippen molar-refractivity contribution in [3.63, 3.8) is 0 Å². The van der Waals surface area contributed by atoms with Crippen LogP contribution in [-0.2, 0) is 14.4 Å². The lowest BCUT2D eigenvalue weighted by atomic mass is 10.1. The van der Waals surface area contributed by atoms with E-state index in [2.05, 4.69) is 10.5 Å². The molecule has 0 bridgehead atoms. The summed E-state index contributed by atoms with van der Waals surface area (Å²) >= 11 is 0. The van der Waals surface area contributed by atoms with Crippen molar-refractivity contribution in [2.24, 2.45) is 11.0 Å². The van der Waals surface area contributed by atoms with E-state index in [0.29, 0.717) is 6.42 Å². The van der Waals surface area contributed by atoms with E-state index < -0.39 is 23.8 Å². The summed E-state index contributed by atoms with van der Waals surface area (Å²) in [6.07, 6.45) is 4.05. The molecule has 0 aromatic carbocycles. The number of rotatable bonds is 6. The third kappa shape index (κ3) is 4.86. The van der Waals surface area contributed by atoms with Crippen LogP contribution in [0.5, 0.6) is 0 Å². The number of hydrogen-bond donors (Lipinski definition) is 3. The molecule has 1 saturated heterocycles. The lowest BCUT2D eigenvalue weighted by Gasteiger charge is -2.16. The van der Waals surface area contributed by atoms with Gasteiger partial charge in [-0.25, -0.2) is 10.2 Å². The highest BCUT2D eigenvalue weighted by Crippen LogP contribution is 2.00. The van der Waals surface area contributed by atoms with Crippen molar-refractivity contribution < 1.29 is 19.2 Å². The van der Waals surface area contributed by atoms with Crippen LogP contribution in [0.2, 0.25) is 0 Å². The van der Waals surface area contributed by atoms with Crippen LogP contribution in [0.1, 0.15) is 32.6 Å². The molecule has 0 aliphatic carbocycles. The first kappa shape index (κ1) is 14.8. The van der Waals surface area contributed by atoms with Crippen LogP contribution < -0.4 is 16.1 Å². The van der Waals surface area contributed by atoms with E-state index in [-0.39, 0.29) is 5.91 Å². The van der Waals surface area contributed by atoms with Crippen LogP contribution >= 0.6 is 0 Å². The van der Waals surface area contributed by atoms with Crippen molar-refractivity contribution in [1.82, 2.24) is 16.1 Å². The van der Waals surface area contributed by atoms with Gasteiger partial charge in [0.1, 0.15) is 0 Å². The monoisotopic (exact) mass is 268 g/mol. The number of hydrazone groups is 1. The molecule has 1 aliphatic rings. The Morgan fingerprint density at radius 3 is 2.47 bits per heavy atom. The lowest BCUT2D eigenvalue weighted by Crippen LogP contribution is -2.56. The van der Waals surface area contributed by atoms with E-state index >= 15 is 0 Å². The highest BCUT2D eigenvalue weighted by atomic mass is 16.2. The molecule has 0 aromatic heterocycles. The molecule has 0 spiro atoms. The zero-order chi connectivity index (χ0) is 14.3. The quantitative estimate of drug-likeness (QED) is 0.264. The number of carbonyl (C=O) groups excluding carboxylic acids is 4. The van der Waals surface area contributed by atoms with Crippen LogP contribution in [0.4, 0.5) is 4.79 Å². The predicted octanol–water partition coefficient (Wildman–Crippen LogP) is -0.349. The number of imide groups is 2. The topological polar surface area (TPSA) is 117 Å². The summed E-state index contributed by atoms with van der Waals surface area (Å²) in [7, 11) is 0. The summed E-state index contributed by atoms with van der Waals surface area (Å²) in [6, 6.07) is -0.858. The van der Waals surface area contributed by atoms with Crippen LogP contribution in [0.15, 0.2) is 5.10 Å². The summed E-state index contributed by atoms with van der Waals surface area (Å²) < 4.78 is 0. The average Bonchev–Trinajstić information content (AvgIpc) is 2.32. The molecular weight excluding hydrogens is 252 g/mol. The van der Waals surface area contributed by atoms with Gasteiger partial charge in [0.15, 0.2) is 5.92 Å². The molecule has 0 saturated carbocycles. The Balaban J connectivity index is 2.39. The van der Waals surface area contributed by atoms with Gasteiger partial charge in [0.05, 0.1) is 0 Å². The highest BCUT2D eigenvalue weighted by molar-refractivity contribution is 6.23. The molecule has 1 rings (SSSR count). The Morgan fingerprint density at radius 1 is 1.26 bits per heavy atom. The minimum Gasteiger partial charge on any atom is -0.277 e. The van der Waals surface area contributed by atoms with Crippen LogP contribution in [0.25, 0.3) is 0 Å². The summed E-state index contributed by atoms with van der Waals surface area (Å²) in [5.41, 5.74) is 2.23. The second-order valence-corrected chi connectivity index (χ2v) is 4.06. The van der Waals surface area contributed by atoms with Gasteiger partial charge >= 0.3 is 6.03 Å². The van der Waals surface area contributed by atoms with Crippen LogP contribution in [-0.4, -0.2) is 30.0 Å². The Kier molecular flexibility index (Phi) is 5.65. The Labute approximate surface area is 110 Å². The minimum absolute atomic E-state index is 0.280. The molecule has 1 fully saturated rings. The SMILES string of the molecule is CCCCCC(=O)NN=CC1C(=O)NC(=O)NC1=O. The van der Waals surface area contributed by atoms with Crippen molar-refractivity contribution in [1.29, 1.82) is 0 Å². The van der Waals surface area contributed by atoms with E-state index in [1.54, 1.807) is 0 Å². The number of nitrogens with one attached hydrogen (secondary N) is 3. The summed E-state index contributed by atoms with van der Waals surface area (Å²) in [4.78, 5) is 44.7. The second kappa shape index (κ2) is 7.24. The van der Waals surface area contributed by atoms with E-state index in [1.807, 2.05) is 17.6 Å². The molecule has 8 nitrogen and oxygen atoms in total. The Hall–Kier alpha value is -2.25. The Morgan fingerprint density at radius 2 is 1.89 bits per heavy atom. The van der Waals surface area contributed by atoms with Gasteiger partial charge in [-0.15, -0.1) is 0 Å². The van der Waals surface area contributed by atoms with Crippen molar-refractivity contribution in [3.8, 4) is 0 Å². The van der Waals surface area contributed by atoms with Gasteiger partial charge in [0.25, 0.3) is 0 Å². The Bertz CT molecular complexity index is 399. The molecule has 0 aromatic rings. The summed E-state index contributed by atoms with van der Waals surface area (Å²) in [5, 5.41) is 7.39. The average molecular weight is 268 g/mol. The minimum atomic E-state index is -1.21. The molecule has 8 heteroatoms. The molecule has 0 atom stereocenters. The van der Waals surface area contributed by atoms with Gasteiger partial charge < -0.3 is 0 Å². The number of urea groups is 1. The predicted molar refractivity (Wildman–Crippen MR) is 65.9 cm³/mol. The number of hydrogen-bond acceptors (Lipinski definition) is 5. The summed E-state index contributed by atoms with van der Waals surface area (Å²) in [6.45, 7) is 2.03. The molecule has 104 valence electrons. The van der Waals surface area contributed by atoms with Crippen molar-refractivity contribution in [3.05, 3.63) is 0 Å². The van der Waals surface area contributed by atoms with Crippen molar-refractivity contribution in [2.45, 2.75) is 32.6 Å². The number of amides is 5. The van der Waals surface area contributed by atoms with Crippen molar-refractivity contribution in [2.75, 3.05) is 0 Å². The maximum absolute atomic E-state index is 11.3. The maximum atomic E-state index is 11.3. The molecule has 1 heterocycles. The third-order valence-corrected chi connectivity index (χ3v) is 2.46. The molecule has 3 N–H and O–H groups in total. The van der Waals surface area contributed by atoms with Gasteiger partial charge in [-0.3, -0.25) is 25.0 Å². The van der Waals surface area contributed by atoms with E-state index in [9.17, 15) is 19.2 Å². The first-order chi connectivity index (χ1) is 9.04. The zero-order valence-electron chi connectivity index (χ0n) is 10.6. The maximum Gasteiger partial charge on any atom is 0.328 e. The number of carbonyl (C=O) groups is 4. The fourth-order valence-corrected chi connectivity index (χ4v) is 1.44.